The lowest BCUT2D eigenvalue weighted by Gasteiger charge is -2.09. The average molecular weight is 327 g/mol. The SMILES string of the molecule is CCCCCCCCCCCCc1c(O)ccc(S)c1S. The third-order valence-corrected chi connectivity index (χ3v) is 5.08. The predicted molar refractivity (Wildman–Crippen MR) is 98.2 cm³/mol. The first-order valence-corrected chi connectivity index (χ1v) is 9.29. The highest BCUT2D eigenvalue weighted by atomic mass is 32.1. The quantitative estimate of drug-likeness (QED) is 0.316. The number of aromatic hydroxyl groups is 1. The number of hydrogen-bond donors (Lipinski definition) is 3. The molecule has 0 aliphatic carbocycles. The average Bonchev–Trinajstić information content (AvgIpc) is 2.48. The highest BCUT2D eigenvalue weighted by Crippen LogP contribution is 2.31. The highest BCUT2D eigenvalue weighted by Gasteiger charge is 2.08. The number of rotatable bonds is 11. The molecule has 0 aliphatic heterocycles. The molecule has 0 atom stereocenters. The molecule has 0 saturated carbocycles. The zero-order valence-electron chi connectivity index (χ0n) is 13.3. The summed E-state index contributed by atoms with van der Waals surface area (Å²) in [6.07, 6.45) is 14.2. The van der Waals surface area contributed by atoms with Gasteiger partial charge in [-0.1, -0.05) is 64.7 Å². The van der Waals surface area contributed by atoms with E-state index in [-0.39, 0.29) is 0 Å². The highest BCUT2D eigenvalue weighted by molar-refractivity contribution is 7.83. The monoisotopic (exact) mass is 326 g/mol. The molecule has 1 N–H and O–H groups in total. The number of thiol groups is 2. The van der Waals surface area contributed by atoms with Crippen LogP contribution in [-0.2, 0) is 6.42 Å². The zero-order chi connectivity index (χ0) is 15.5. The predicted octanol–water partition coefficient (Wildman–Crippen LogP) is 6.43. The summed E-state index contributed by atoms with van der Waals surface area (Å²) in [5, 5.41) is 9.88. The van der Waals surface area contributed by atoms with Gasteiger partial charge in [0.05, 0.1) is 0 Å². The van der Waals surface area contributed by atoms with Crippen molar-refractivity contribution in [3.63, 3.8) is 0 Å². The second kappa shape index (κ2) is 11.3. The summed E-state index contributed by atoms with van der Waals surface area (Å²) < 4.78 is 0. The van der Waals surface area contributed by atoms with Crippen molar-refractivity contribution in [2.24, 2.45) is 0 Å². The first-order chi connectivity index (χ1) is 10.2. The number of unbranched alkanes of at least 4 members (excludes halogenated alkanes) is 9. The normalized spacial score (nSPS) is 11.0. The molecule has 0 unspecified atom stereocenters. The fourth-order valence-corrected chi connectivity index (χ4v) is 3.16. The van der Waals surface area contributed by atoms with Gasteiger partial charge in [-0.3, -0.25) is 0 Å². The van der Waals surface area contributed by atoms with Gasteiger partial charge in [0, 0.05) is 15.4 Å². The maximum atomic E-state index is 9.88. The molecular formula is C18H30OS2. The second-order valence-electron chi connectivity index (χ2n) is 5.86. The van der Waals surface area contributed by atoms with Crippen LogP contribution in [0.1, 0.15) is 76.7 Å². The molecule has 3 heteroatoms. The molecule has 1 aromatic carbocycles. The molecule has 0 aliphatic rings. The fourth-order valence-electron chi connectivity index (χ4n) is 2.65. The minimum atomic E-state index is 0.355. The van der Waals surface area contributed by atoms with Crippen LogP contribution in [0.15, 0.2) is 21.9 Å². The van der Waals surface area contributed by atoms with Crippen LogP contribution in [0.5, 0.6) is 5.75 Å². The minimum Gasteiger partial charge on any atom is -0.508 e. The van der Waals surface area contributed by atoms with Crippen LogP contribution in [0.3, 0.4) is 0 Å². The molecule has 0 saturated heterocycles. The molecular weight excluding hydrogens is 296 g/mol. The van der Waals surface area contributed by atoms with Crippen molar-refractivity contribution in [2.45, 2.75) is 87.3 Å². The van der Waals surface area contributed by atoms with Crippen molar-refractivity contribution >= 4 is 25.3 Å². The van der Waals surface area contributed by atoms with Gasteiger partial charge in [0.25, 0.3) is 0 Å². The van der Waals surface area contributed by atoms with Crippen molar-refractivity contribution < 1.29 is 5.11 Å². The minimum absolute atomic E-state index is 0.355. The first kappa shape index (κ1) is 18.8. The van der Waals surface area contributed by atoms with E-state index in [0.29, 0.717) is 5.75 Å². The van der Waals surface area contributed by atoms with Gasteiger partial charge in [0.15, 0.2) is 0 Å². The third kappa shape index (κ3) is 7.51. The van der Waals surface area contributed by atoms with E-state index in [9.17, 15) is 5.11 Å². The summed E-state index contributed by atoms with van der Waals surface area (Å²) in [4.78, 5) is 1.67. The largest absolute Gasteiger partial charge is 0.508 e. The van der Waals surface area contributed by atoms with Gasteiger partial charge in [-0.2, -0.15) is 0 Å². The zero-order valence-corrected chi connectivity index (χ0v) is 15.1. The Labute approximate surface area is 141 Å². The van der Waals surface area contributed by atoms with Crippen molar-refractivity contribution in [1.29, 1.82) is 0 Å². The molecule has 0 spiro atoms. The van der Waals surface area contributed by atoms with Crippen LogP contribution in [0.2, 0.25) is 0 Å². The van der Waals surface area contributed by atoms with Gasteiger partial charge in [0.2, 0.25) is 0 Å². The van der Waals surface area contributed by atoms with Crippen LogP contribution in [-0.4, -0.2) is 5.11 Å². The molecule has 0 radical (unpaired) electrons. The van der Waals surface area contributed by atoms with E-state index < -0.39 is 0 Å². The van der Waals surface area contributed by atoms with E-state index in [1.54, 1.807) is 12.1 Å². The molecule has 1 nitrogen and oxygen atoms in total. The van der Waals surface area contributed by atoms with Crippen molar-refractivity contribution in [2.75, 3.05) is 0 Å². The van der Waals surface area contributed by atoms with Gasteiger partial charge in [-0.15, -0.1) is 25.3 Å². The fraction of sp³-hybridized carbons (Fsp3) is 0.667. The summed E-state index contributed by atoms with van der Waals surface area (Å²) in [7, 11) is 0. The number of hydrogen-bond acceptors (Lipinski definition) is 3. The molecule has 120 valence electrons. The Hall–Kier alpha value is -0.280. The second-order valence-corrected chi connectivity index (χ2v) is 6.79. The maximum Gasteiger partial charge on any atom is 0.119 e. The maximum absolute atomic E-state index is 9.88. The summed E-state index contributed by atoms with van der Waals surface area (Å²) in [6.45, 7) is 2.26. The lowest BCUT2D eigenvalue weighted by molar-refractivity contribution is 0.462. The molecule has 0 amide bonds. The molecule has 1 aromatic rings. The van der Waals surface area contributed by atoms with Crippen molar-refractivity contribution in [3.8, 4) is 5.75 Å². The van der Waals surface area contributed by atoms with Crippen LogP contribution < -0.4 is 0 Å². The molecule has 21 heavy (non-hydrogen) atoms. The first-order valence-electron chi connectivity index (χ1n) is 8.39. The Morgan fingerprint density at radius 3 is 1.90 bits per heavy atom. The topological polar surface area (TPSA) is 20.2 Å². The smallest absolute Gasteiger partial charge is 0.119 e. The van der Waals surface area contributed by atoms with E-state index in [4.69, 9.17) is 0 Å². The van der Waals surface area contributed by atoms with Crippen molar-refractivity contribution in [1.82, 2.24) is 0 Å². The van der Waals surface area contributed by atoms with E-state index in [1.165, 1.54) is 57.8 Å². The molecule has 1 rings (SSSR count). The Morgan fingerprint density at radius 1 is 0.810 bits per heavy atom. The summed E-state index contributed by atoms with van der Waals surface area (Å²) >= 11 is 8.80. The molecule has 0 heterocycles. The van der Waals surface area contributed by atoms with Crippen LogP contribution >= 0.6 is 25.3 Å². The lowest BCUT2D eigenvalue weighted by atomic mass is 10.0. The van der Waals surface area contributed by atoms with Gasteiger partial charge in [-0.05, 0) is 25.0 Å². The number of phenols is 1. The van der Waals surface area contributed by atoms with Gasteiger partial charge < -0.3 is 5.11 Å². The van der Waals surface area contributed by atoms with Crippen LogP contribution in [0.4, 0.5) is 0 Å². The Kier molecular flexibility index (Phi) is 10.1. The van der Waals surface area contributed by atoms with Gasteiger partial charge in [-0.25, -0.2) is 0 Å². The van der Waals surface area contributed by atoms with E-state index >= 15 is 0 Å². The Morgan fingerprint density at radius 2 is 1.33 bits per heavy atom. The van der Waals surface area contributed by atoms with Gasteiger partial charge in [0.1, 0.15) is 5.75 Å². The summed E-state index contributed by atoms with van der Waals surface area (Å²) in [6, 6.07) is 3.51. The summed E-state index contributed by atoms with van der Waals surface area (Å²) in [5.74, 6) is 0.355. The third-order valence-electron chi connectivity index (χ3n) is 4.02. The van der Waals surface area contributed by atoms with Crippen molar-refractivity contribution in [3.05, 3.63) is 17.7 Å². The van der Waals surface area contributed by atoms with Crippen LogP contribution in [0, 0.1) is 0 Å². The van der Waals surface area contributed by atoms with Crippen LogP contribution in [0.25, 0.3) is 0 Å². The molecule has 0 bridgehead atoms. The molecule has 0 aromatic heterocycles. The van der Waals surface area contributed by atoms with E-state index in [0.717, 1.165) is 28.2 Å². The van der Waals surface area contributed by atoms with E-state index in [2.05, 4.69) is 32.2 Å². The standard InChI is InChI=1S/C18H30OS2/c1-2-3-4-5-6-7-8-9-10-11-12-15-16(19)13-14-17(20)18(15)21/h13-14,19-21H,2-12H2,1H3. The summed E-state index contributed by atoms with van der Waals surface area (Å²) in [5.41, 5.74) is 0.949. The lowest BCUT2D eigenvalue weighted by Crippen LogP contribution is -1.91. The van der Waals surface area contributed by atoms with E-state index in [1.807, 2.05) is 0 Å². The van der Waals surface area contributed by atoms with Gasteiger partial charge >= 0.3 is 0 Å². The Balaban J connectivity index is 2.08. The number of phenolic OH excluding ortho intramolecular Hbond substituents is 1. The Bertz CT molecular complexity index is 404. The number of benzene rings is 1. The molecule has 0 fully saturated rings.